The number of carbonyl (C=O) groups excluding carboxylic acids is 2. The number of hydrogen-bond donors (Lipinski definition) is 2. The van der Waals surface area contributed by atoms with Crippen molar-refractivity contribution in [2.75, 3.05) is 5.32 Å². The van der Waals surface area contributed by atoms with E-state index < -0.39 is 40.1 Å². The predicted molar refractivity (Wildman–Crippen MR) is 90.3 cm³/mol. The zero-order chi connectivity index (χ0) is 18.6. The summed E-state index contributed by atoms with van der Waals surface area (Å²) in [6, 6.07) is 7.94. The Balaban J connectivity index is 2.33. The Morgan fingerprint density at radius 1 is 1.32 bits per heavy atom. The summed E-state index contributed by atoms with van der Waals surface area (Å²) in [5, 5.41) is 13.6. The highest BCUT2D eigenvalue weighted by Gasteiger charge is 2.18. The van der Waals surface area contributed by atoms with E-state index in [9.17, 15) is 24.5 Å². The van der Waals surface area contributed by atoms with Gasteiger partial charge in [0.05, 0.1) is 11.1 Å². The average molecular weight is 344 g/mol. The summed E-state index contributed by atoms with van der Waals surface area (Å²) in [5.41, 5.74) is 4.65. The molecule has 1 heterocycles. The zero-order valence-corrected chi connectivity index (χ0v) is 13.4. The van der Waals surface area contributed by atoms with E-state index >= 15 is 0 Å². The lowest BCUT2D eigenvalue weighted by Gasteiger charge is -2.11. The molecule has 0 unspecified atom stereocenters. The fourth-order valence-corrected chi connectivity index (χ4v) is 2.31. The third kappa shape index (κ3) is 4.08. The van der Waals surface area contributed by atoms with Crippen LogP contribution in [-0.2, 0) is 17.8 Å². The number of hydrogen-bond acceptors (Lipinski definition) is 5. The summed E-state index contributed by atoms with van der Waals surface area (Å²) >= 11 is 0. The van der Waals surface area contributed by atoms with Gasteiger partial charge >= 0.3 is 0 Å². The molecule has 3 N–H and O–H groups in total. The Morgan fingerprint density at radius 3 is 2.60 bits per heavy atom. The lowest BCUT2D eigenvalue weighted by molar-refractivity contribution is -0.385. The summed E-state index contributed by atoms with van der Waals surface area (Å²) in [6.07, 6.45) is 1.60. The molecule has 0 saturated carbocycles. The van der Waals surface area contributed by atoms with Crippen molar-refractivity contribution in [2.24, 2.45) is 5.73 Å². The first-order valence-electron chi connectivity index (χ1n) is 7.40. The molecule has 0 saturated heterocycles. The minimum absolute atomic E-state index is 0.487. The maximum absolute atomic E-state index is 12.2. The number of nitrogens with one attached hydrogen (secondary N) is 1. The molecule has 130 valence electrons. The number of carbonyl (C=O) groups is 2. The van der Waals surface area contributed by atoms with Gasteiger partial charge in [-0.25, -0.2) is 0 Å². The summed E-state index contributed by atoms with van der Waals surface area (Å²) in [6.45, 7) is 1.44. The molecular weight excluding hydrogens is 328 g/mol. The molecule has 2 amide bonds. The predicted octanol–water partition coefficient (Wildman–Crippen LogP) is 1.06. The van der Waals surface area contributed by atoms with Gasteiger partial charge in [0.25, 0.3) is 17.2 Å². The van der Waals surface area contributed by atoms with Crippen LogP contribution < -0.4 is 16.6 Å². The molecule has 9 heteroatoms. The normalized spacial score (nSPS) is 10.3. The number of nitrogens with zero attached hydrogens (tertiary/aromatic N) is 2. The Kier molecular flexibility index (Phi) is 5.28. The molecule has 1 aromatic carbocycles. The van der Waals surface area contributed by atoms with E-state index in [1.807, 2.05) is 19.1 Å². The van der Waals surface area contributed by atoms with Crippen LogP contribution in [0.2, 0.25) is 0 Å². The largest absolute Gasteiger partial charge is 0.365 e. The van der Waals surface area contributed by atoms with Crippen LogP contribution in [0.25, 0.3) is 0 Å². The second kappa shape index (κ2) is 7.39. The van der Waals surface area contributed by atoms with Gasteiger partial charge in [0.15, 0.2) is 0 Å². The summed E-state index contributed by atoms with van der Waals surface area (Å²) in [4.78, 5) is 45.8. The van der Waals surface area contributed by atoms with Crippen LogP contribution in [0, 0.1) is 10.1 Å². The van der Waals surface area contributed by atoms with Crippen molar-refractivity contribution in [3.05, 3.63) is 68.1 Å². The lowest BCUT2D eigenvalue weighted by Crippen LogP contribution is -2.33. The summed E-state index contributed by atoms with van der Waals surface area (Å²) in [7, 11) is 0. The number of rotatable bonds is 6. The van der Waals surface area contributed by atoms with Gasteiger partial charge in [0.1, 0.15) is 12.1 Å². The van der Waals surface area contributed by atoms with Gasteiger partial charge in [-0.05, 0) is 18.1 Å². The number of aryl methyl sites for hydroxylation is 1. The van der Waals surface area contributed by atoms with E-state index in [4.69, 9.17) is 5.73 Å². The minimum atomic E-state index is -1.10. The highest BCUT2D eigenvalue weighted by atomic mass is 16.6. The maximum atomic E-state index is 12.2. The van der Waals surface area contributed by atoms with Crippen LogP contribution in [0.5, 0.6) is 0 Å². The Hall–Kier alpha value is -3.49. The second-order valence-corrected chi connectivity index (χ2v) is 5.23. The topological polar surface area (TPSA) is 137 Å². The number of benzene rings is 1. The Labute approximate surface area is 142 Å². The van der Waals surface area contributed by atoms with E-state index in [0.717, 1.165) is 22.4 Å². The van der Waals surface area contributed by atoms with Crippen molar-refractivity contribution in [3.63, 3.8) is 0 Å². The van der Waals surface area contributed by atoms with E-state index in [-0.39, 0.29) is 0 Å². The van der Waals surface area contributed by atoms with Crippen molar-refractivity contribution >= 4 is 23.2 Å². The van der Waals surface area contributed by atoms with Gasteiger partial charge in [-0.2, -0.15) is 0 Å². The van der Waals surface area contributed by atoms with Crippen LogP contribution in [0.1, 0.15) is 22.8 Å². The highest BCUT2D eigenvalue weighted by molar-refractivity contribution is 5.93. The number of nitrogens with two attached hydrogens (primary N) is 1. The molecule has 2 rings (SSSR count). The van der Waals surface area contributed by atoms with Crippen molar-refractivity contribution < 1.29 is 14.5 Å². The minimum Gasteiger partial charge on any atom is -0.365 e. The van der Waals surface area contributed by atoms with Crippen LogP contribution >= 0.6 is 0 Å². The fraction of sp³-hybridized carbons (Fsp3) is 0.188. The van der Waals surface area contributed by atoms with Crippen molar-refractivity contribution in [1.82, 2.24) is 4.57 Å². The number of primary amides is 1. The third-order valence-corrected chi connectivity index (χ3v) is 3.53. The lowest BCUT2D eigenvalue weighted by atomic mass is 10.1. The van der Waals surface area contributed by atoms with Crippen molar-refractivity contribution in [2.45, 2.75) is 19.9 Å². The van der Waals surface area contributed by atoms with Gasteiger partial charge in [-0.15, -0.1) is 0 Å². The number of nitro groups is 1. The Bertz CT molecular complexity index is 904. The molecule has 0 aliphatic carbocycles. The molecular formula is C16H16N4O5. The molecule has 0 spiro atoms. The van der Waals surface area contributed by atoms with E-state index in [2.05, 4.69) is 5.32 Å². The van der Waals surface area contributed by atoms with E-state index in [1.54, 1.807) is 12.1 Å². The van der Waals surface area contributed by atoms with Gasteiger partial charge < -0.3 is 11.1 Å². The molecule has 9 nitrogen and oxygen atoms in total. The number of anilines is 1. The molecule has 25 heavy (non-hydrogen) atoms. The number of para-hydroxylation sites is 1. The second-order valence-electron chi connectivity index (χ2n) is 5.23. The smallest absolute Gasteiger partial charge is 0.286 e. The molecule has 1 aromatic heterocycles. The summed E-state index contributed by atoms with van der Waals surface area (Å²) in [5.74, 6) is -1.65. The van der Waals surface area contributed by atoms with E-state index in [0.29, 0.717) is 12.1 Å². The van der Waals surface area contributed by atoms with Gasteiger partial charge in [-0.3, -0.25) is 29.1 Å². The van der Waals surface area contributed by atoms with Crippen LogP contribution in [0.15, 0.2) is 41.3 Å². The SMILES string of the molecule is CCc1ccccc1NC(=O)Cn1cc([N+](=O)[O-])cc(C(N)=O)c1=O. The number of amides is 2. The molecule has 0 radical (unpaired) electrons. The van der Waals surface area contributed by atoms with Gasteiger partial charge in [-0.1, -0.05) is 25.1 Å². The van der Waals surface area contributed by atoms with E-state index in [1.165, 1.54) is 0 Å². The van der Waals surface area contributed by atoms with Crippen LogP contribution in [0.4, 0.5) is 11.4 Å². The average Bonchev–Trinajstić information content (AvgIpc) is 2.56. The molecule has 0 fully saturated rings. The van der Waals surface area contributed by atoms with Gasteiger partial charge in [0.2, 0.25) is 5.91 Å². The van der Waals surface area contributed by atoms with Crippen molar-refractivity contribution in [3.8, 4) is 0 Å². The quantitative estimate of drug-likeness (QED) is 0.596. The molecule has 0 bridgehead atoms. The van der Waals surface area contributed by atoms with Crippen LogP contribution in [-0.4, -0.2) is 21.3 Å². The fourth-order valence-electron chi connectivity index (χ4n) is 2.31. The third-order valence-electron chi connectivity index (χ3n) is 3.53. The number of pyridine rings is 1. The first-order chi connectivity index (χ1) is 11.8. The van der Waals surface area contributed by atoms with Crippen LogP contribution in [0.3, 0.4) is 0 Å². The highest BCUT2D eigenvalue weighted by Crippen LogP contribution is 2.15. The monoisotopic (exact) mass is 344 g/mol. The zero-order valence-electron chi connectivity index (χ0n) is 13.4. The molecule has 0 aliphatic heterocycles. The standard InChI is InChI=1S/C16H16N4O5/c1-2-10-5-3-4-6-13(10)18-14(21)9-19-8-11(20(24)25)7-12(15(17)22)16(19)23/h3-8H,2,9H2,1H3,(H2,17,22)(H,18,21). The Morgan fingerprint density at radius 2 is 2.00 bits per heavy atom. The maximum Gasteiger partial charge on any atom is 0.286 e. The summed E-state index contributed by atoms with van der Waals surface area (Å²) < 4.78 is 0.794. The number of aromatic nitrogens is 1. The molecule has 0 aliphatic rings. The molecule has 0 atom stereocenters. The van der Waals surface area contributed by atoms with Crippen molar-refractivity contribution in [1.29, 1.82) is 0 Å². The molecule has 2 aromatic rings. The first kappa shape index (κ1) is 17.9. The first-order valence-corrected chi connectivity index (χ1v) is 7.40. The van der Waals surface area contributed by atoms with Gasteiger partial charge in [0, 0.05) is 11.8 Å².